The number of aromatic nitrogens is 2. The number of nitrogens with zero attached hydrogens (tertiary/aromatic N) is 2. The monoisotopic (exact) mass is 389 g/mol. The zero-order chi connectivity index (χ0) is 19.8. The van der Waals surface area contributed by atoms with Crippen LogP contribution in [-0.2, 0) is 0 Å². The summed E-state index contributed by atoms with van der Waals surface area (Å²) in [7, 11) is 0. The van der Waals surface area contributed by atoms with E-state index in [1.165, 1.54) is 25.5 Å². The highest BCUT2D eigenvalue weighted by Crippen LogP contribution is 2.50. The van der Waals surface area contributed by atoms with Crippen molar-refractivity contribution in [2.45, 2.75) is 94.8 Å². The second kappa shape index (κ2) is 7.48. The van der Waals surface area contributed by atoms with E-state index in [0.717, 1.165) is 32.1 Å². The van der Waals surface area contributed by atoms with Gasteiger partial charge >= 0.3 is 0 Å². The summed E-state index contributed by atoms with van der Waals surface area (Å²) in [5, 5.41) is 6.96. The van der Waals surface area contributed by atoms with Gasteiger partial charge in [0.15, 0.2) is 0 Å². The van der Waals surface area contributed by atoms with Crippen LogP contribution in [0.5, 0.6) is 0 Å². The molecule has 2 atom stereocenters. The normalized spacial score (nSPS) is 35.2. The van der Waals surface area contributed by atoms with Crippen LogP contribution in [0.2, 0.25) is 0 Å². The number of primary amides is 1. The van der Waals surface area contributed by atoms with E-state index in [4.69, 9.17) is 5.73 Å². The summed E-state index contributed by atoms with van der Waals surface area (Å²) in [5.74, 6) is 1.15. The highest BCUT2D eigenvalue weighted by atomic mass is 19.1. The summed E-state index contributed by atoms with van der Waals surface area (Å²) in [4.78, 5) is 20.9. The SMILES string of the molecule is C[C@H]1CCCC[C@@H](Nc2nc(NC34CCC(F)(CC3)CC4)ncc2C(N)=O)C1. The molecule has 4 fully saturated rings. The van der Waals surface area contributed by atoms with Gasteiger partial charge in [-0.05, 0) is 57.3 Å². The third-order valence-electron chi connectivity index (χ3n) is 7.11. The topological polar surface area (TPSA) is 92.9 Å². The van der Waals surface area contributed by atoms with Crippen molar-refractivity contribution in [1.82, 2.24) is 9.97 Å². The number of hydrogen-bond acceptors (Lipinski definition) is 5. The molecule has 0 unspecified atom stereocenters. The van der Waals surface area contributed by atoms with Gasteiger partial charge in [-0.2, -0.15) is 4.98 Å². The van der Waals surface area contributed by atoms with Crippen LogP contribution in [0.3, 0.4) is 0 Å². The van der Waals surface area contributed by atoms with Crippen molar-refractivity contribution in [3.05, 3.63) is 11.8 Å². The molecule has 4 saturated carbocycles. The first-order chi connectivity index (χ1) is 13.4. The zero-order valence-electron chi connectivity index (χ0n) is 16.8. The number of fused-ring (bicyclic) bond motifs is 3. The Labute approximate surface area is 166 Å². The third-order valence-corrected chi connectivity index (χ3v) is 7.11. The minimum Gasteiger partial charge on any atom is -0.366 e. The Morgan fingerprint density at radius 1 is 1.18 bits per heavy atom. The molecule has 154 valence electrons. The van der Waals surface area contributed by atoms with Crippen LogP contribution in [0.15, 0.2) is 6.20 Å². The van der Waals surface area contributed by atoms with Crippen molar-refractivity contribution in [3.63, 3.8) is 0 Å². The standard InChI is InChI=1S/C21H32FN5O/c1-14-4-2-3-5-15(12-14)25-18-16(17(23)28)13-24-19(26-18)27-21-9-6-20(22,7-10-21)8-11-21/h13-15H,2-12H2,1H3,(H2,23,28)(H2,24,25,26,27)/t14-,15+,20?,21?/m0/s1. The van der Waals surface area contributed by atoms with Gasteiger partial charge in [-0.15, -0.1) is 0 Å². The largest absolute Gasteiger partial charge is 0.366 e. The number of alkyl halides is 1. The summed E-state index contributed by atoms with van der Waals surface area (Å²) in [5.41, 5.74) is 4.79. The van der Waals surface area contributed by atoms with E-state index in [9.17, 15) is 9.18 Å². The lowest BCUT2D eigenvalue weighted by Gasteiger charge is -2.49. The van der Waals surface area contributed by atoms with Crippen molar-refractivity contribution in [1.29, 1.82) is 0 Å². The van der Waals surface area contributed by atoms with Gasteiger partial charge in [0.25, 0.3) is 5.91 Å². The van der Waals surface area contributed by atoms with E-state index in [0.29, 0.717) is 42.5 Å². The molecule has 4 aliphatic rings. The van der Waals surface area contributed by atoms with Crippen molar-refractivity contribution in [3.8, 4) is 0 Å². The van der Waals surface area contributed by atoms with Gasteiger partial charge in [0.05, 0.1) is 5.56 Å². The first-order valence-corrected chi connectivity index (χ1v) is 10.8. The summed E-state index contributed by atoms with van der Waals surface area (Å²) in [6, 6.07) is 0.285. The van der Waals surface area contributed by atoms with Crippen molar-refractivity contribution >= 4 is 17.7 Å². The van der Waals surface area contributed by atoms with Gasteiger partial charge in [0.2, 0.25) is 5.95 Å². The number of amides is 1. The molecule has 1 heterocycles. The minimum atomic E-state index is -0.969. The van der Waals surface area contributed by atoms with Crippen LogP contribution in [0.25, 0.3) is 0 Å². The number of nitrogens with one attached hydrogen (secondary N) is 2. The predicted molar refractivity (Wildman–Crippen MR) is 108 cm³/mol. The molecule has 0 aromatic carbocycles. The molecule has 28 heavy (non-hydrogen) atoms. The highest BCUT2D eigenvalue weighted by Gasteiger charge is 2.49. The van der Waals surface area contributed by atoms with E-state index in [2.05, 4.69) is 27.5 Å². The Balaban J connectivity index is 1.53. The van der Waals surface area contributed by atoms with Gasteiger partial charge in [-0.1, -0.05) is 26.2 Å². The summed E-state index contributed by atoms with van der Waals surface area (Å²) < 4.78 is 14.5. The minimum absolute atomic E-state index is 0.129. The number of carbonyl (C=O) groups excluding carboxylic acids is 1. The molecule has 0 saturated heterocycles. The quantitative estimate of drug-likeness (QED) is 0.657. The van der Waals surface area contributed by atoms with Gasteiger partial charge in [0, 0.05) is 17.8 Å². The average Bonchev–Trinajstić information content (AvgIpc) is 2.87. The molecule has 6 nitrogen and oxygen atoms in total. The average molecular weight is 390 g/mol. The molecular formula is C21H32FN5O. The number of nitrogens with two attached hydrogens (primary N) is 1. The van der Waals surface area contributed by atoms with Gasteiger partial charge in [-0.3, -0.25) is 4.79 Å². The fourth-order valence-electron chi connectivity index (χ4n) is 5.23. The maximum absolute atomic E-state index is 14.5. The first-order valence-electron chi connectivity index (χ1n) is 10.8. The van der Waals surface area contributed by atoms with Gasteiger partial charge in [-0.25, -0.2) is 9.37 Å². The second-order valence-corrected chi connectivity index (χ2v) is 9.34. The molecule has 1 amide bonds. The van der Waals surface area contributed by atoms with Crippen LogP contribution >= 0.6 is 0 Å². The fourth-order valence-corrected chi connectivity index (χ4v) is 5.23. The molecule has 5 rings (SSSR count). The Hall–Kier alpha value is -1.92. The van der Waals surface area contributed by atoms with E-state index < -0.39 is 11.6 Å². The number of anilines is 2. The van der Waals surface area contributed by atoms with Crippen LogP contribution < -0.4 is 16.4 Å². The van der Waals surface area contributed by atoms with Crippen LogP contribution in [0.1, 0.15) is 87.9 Å². The summed E-state index contributed by atoms with van der Waals surface area (Å²) in [6.07, 6.45) is 11.5. The van der Waals surface area contributed by atoms with Crippen LogP contribution in [-0.4, -0.2) is 33.1 Å². The molecular weight excluding hydrogens is 357 g/mol. The number of hydrogen-bond donors (Lipinski definition) is 3. The van der Waals surface area contributed by atoms with Crippen LogP contribution in [0.4, 0.5) is 16.2 Å². The maximum Gasteiger partial charge on any atom is 0.254 e. The lowest BCUT2D eigenvalue weighted by Crippen LogP contribution is -2.52. The lowest BCUT2D eigenvalue weighted by atomic mass is 9.64. The maximum atomic E-state index is 14.5. The highest BCUT2D eigenvalue weighted by molar-refractivity contribution is 5.97. The van der Waals surface area contributed by atoms with Gasteiger partial charge < -0.3 is 16.4 Å². The molecule has 1 aromatic rings. The molecule has 4 aliphatic carbocycles. The Bertz CT molecular complexity index is 715. The summed E-state index contributed by atoms with van der Waals surface area (Å²) >= 11 is 0. The summed E-state index contributed by atoms with van der Waals surface area (Å²) in [6.45, 7) is 2.28. The molecule has 0 spiro atoms. The van der Waals surface area contributed by atoms with Crippen LogP contribution in [0, 0.1) is 5.92 Å². The van der Waals surface area contributed by atoms with Gasteiger partial charge in [0.1, 0.15) is 11.5 Å². The van der Waals surface area contributed by atoms with Crippen molar-refractivity contribution < 1.29 is 9.18 Å². The predicted octanol–water partition coefficient (Wildman–Crippen LogP) is 4.18. The molecule has 2 bridgehead atoms. The van der Waals surface area contributed by atoms with E-state index in [-0.39, 0.29) is 11.6 Å². The fraction of sp³-hybridized carbons (Fsp3) is 0.762. The zero-order valence-corrected chi connectivity index (χ0v) is 16.8. The smallest absolute Gasteiger partial charge is 0.254 e. The first kappa shape index (κ1) is 19.4. The molecule has 0 radical (unpaired) electrons. The molecule has 4 N–H and O–H groups in total. The van der Waals surface area contributed by atoms with E-state index >= 15 is 0 Å². The van der Waals surface area contributed by atoms with Crippen molar-refractivity contribution in [2.24, 2.45) is 11.7 Å². The lowest BCUT2D eigenvalue weighted by molar-refractivity contribution is 0.0150. The molecule has 1 aromatic heterocycles. The van der Waals surface area contributed by atoms with E-state index in [1.807, 2.05) is 0 Å². The number of carbonyl (C=O) groups is 1. The number of halogens is 1. The Kier molecular flexibility index (Phi) is 5.19. The van der Waals surface area contributed by atoms with E-state index in [1.54, 1.807) is 0 Å². The molecule has 0 aliphatic heterocycles. The Morgan fingerprint density at radius 3 is 2.54 bits per heavy atom. The number of rotatable bonds is 5. The Morgan fingerprint density at radius 2 is 1.86 bits per heavy atom. The van der Waals surface area contributed by atoms with Crippen molar-refractivity contribution in [2.75, 3.05) is 10.6 Å². The third kappa shape index (κ3) is 4.08. The molecule has 7 heteroatoms. The second-order valence-electron chi connectivity index (χ2n) is 9.34.